The van der Waals surface area contributed by atoms with Crippen molar-refractivity contribution in [2.24, 2.45) is 0 Å². The van der Waals surface area contributed by atoms with E-state index < -0.39 is 0 Å². The molecule has 2 rings (SSSR count). The van der Waals surface area contributed by atoms with Crippen LogP contribution < -0.4 is 9.47 Å². The van der Waals surface area contributed by atoms with Gasteiger partial charge in [0.2, 0.25) is 5.91 Å². The van der Waals surface area contributed by atoms with Crippen LogP contribution in [0.5, 0.6) is 11.5 Å². The molecule has 1 atom stereocenters. The van der Waals surface area contributed by atoms with Crippen molar-refractivity contribution in [3.8, 4) is 11.5 Å². The molecule has 0 aromatic heterocycles. The van der Waals surface area contributed by atoms with Crippen molar-refractivity contribution in [2.75, 3.05) is 33.4 Å². The van der Waals surface area contributed by atoms with Crippen molar-refractivity contribution >= 4 is 5.91 Å². The lowest BCUT2D eigenvalue weighted by Crippen LogP contribution is -2.43. The zero-order valence-corrected chi connectivity index (χ0v) is 14.3. The van der Waals surface area contributed by atoms with Crippen LogP contribution >= 0.6 is 0 Å². The predicted octanol–water partition coefficient (Wildman–Crippen LogP) is 2.80. The molecule has 5 heteroatoms. The van der Waals surface area contributed by atoms with E-state index in [4.69, 9.17) is 14.2 Å². The number of rotatable bonds is 7. The molecular weight excluding hydrogens is 294 g/mol. The maximum Gasteiger partial charge on any atom is 0.226 e. The third-order valence-corrected chi connectivity index (χ3v) is 4.03. The third-order valence-electron chi connectivity index (χ3n) is 4.03. The van der Waals surface area contributed by atoms with E-state index in [9.17, 15) is 4.79 Å². The van der Waals surface area contributed by atoms with Crippen LogP contribution in [0.1, 0.15) is 31.7 Å². The topological polar surface area (TPSA) is 48.0 Å². The molecular formula is C18H27NO4. The van der Waals surface area contributed by atoms with Gasteiger partial charge in [0, 0.05) is 19.7 Å². The monoisotopic (exact) mass is 321 g/mol. The highest BCUT2D eigenvalue weighted by Gasteiger charge is 2.23. The van der Waals surface area contributed by atoms with E-state index in [0.29, 0.717) is 37.7 Å². The molecule has 0 saturated carbocycles. The van der Waals surface area contributed by atoms with Crippen LogP contribution in [0.2, 0.25) is 0 Å². The van der Waals surface area contributed by atoms with Gasteiger partial charge in [0.1, 0.15) is 0 Å². The number of carbonyl (C=O) groups excluding carboxylic acids is 1. The second-order valence-corrected chi connectivity index (χ2v) is 5.81. The molecule has 0 N–H and O–H groups in total. The van der Waals surface area contributed by atoms with E-state index in [-0.39, 0.29) is 12.0 Å². The number of hydrogen-bond acceptors (Lipinski definition) is 4. The van der Waals surface area contributed by atoms with Gasteiger partial charge in [-0.25, -0.2) is 0 Å². The normalized spacial score (nSPS) is 17.9. The summed E-state index contributed by atoms with van der Waals surface area (Å²) in [7, 11) is 1.62. The summed E-state index contributed by atoms with van der Waals surface area (Å²) in [6.07, 6.45) is 2.59. The van der Waals surface area contributed by atoms with Crippen LogP contribution in [0, 0.1) is 6.92 Å². The molecule has 1 heterocycles. The van der Waals surface area contributed by atoms with E-state index in [2.05, 4.69) is 0 Å². The Kier molecular flexibility index (Phi) is 6.71. The van der Waals surface area contributed by atoms with Gasteiger partial charge in [-0.1, -0.05) is 6.07 Å². The third kappa shape index (κ3) is 5.13. The number of amides is 1. The Balaban J connectivity index is 1.80. The molecule has 1 fully saturated rings. The number of benzene rings is 1. The van der Waals surface area contributed by atoms with E-state index >= 15 is 0 Å². The highest BCUT2D eigenvalue weighted by Crippen LogP contribution is 2.27. The lowest BCUT2D eigenvalue weighted by molar-refractivity contribution is -0.135. The summed E-state index contributed by atoms with van der Waals surface area (Å²) in [5, 5.41) is 0. The molecule has 0 bridgehead atoms. The number of methoxy groups -OCH3 is 1. The molecule has 0 radical (unpaired) electrons. The van der Waals surface area contributed by atoms with Gasteiger partial charge in [0.25, 0.3) is 0 Å². The summed E-state index contributed by atoms with van der Waals surface area (Å²) in [5.74, 6) is 1.50. The van der Waals surface area contributed by atoms with Gasteiger partial charge in [0.15, 0.2) is 11.5 Å². The second-order valence-electron chi connectivity index (χ2n) is 5.81. The van der Waals surface area contributed by atoms with E-state index in [1.807, 2.05) is 36.9 Å². The highest BCUT2D eigenvalue weighted by molar-refractivity contribution is 5.76. The van der Waals surface area contributed by atoms with Crippen LogP contribution in [0.25, 0.3) is 0 Å². The maximum absolute atomic E-state index is 12.3. The van der Waals surface area contributed by atoms with E-state index in [0.717, 1.165) is 24.9 Å². The molecule has 1 aliphatic heterocycles. The lowest BCUT2D eigenvalue weighted by Gasteiger charge is -2.32. The van der Waals surface area contributed by atoms with Crippen LogP contribution in [0.15, 0.2) is 18.2 Å². The summed E-state index contributed by atoms with van der Waals surface area (Å²) in [4.78, 5) is 14.2. The Morgan fingerprint density at radius 3 is 2.91 bits per heavy atom. The van der Waals surface area contributed by atoms with Crippen molar-refractivity contribution in [3.63, 3.8) is 0 Å². The quantitative estimate of drug-likeness (QED) is 0.775. The van der Waals surface area contributed by atoms with Crippen molar-refractivity contribution < 1.29 is 19.0 Å². The summed E-state index contributed by atoms with van der Waals surface area (Å²) in [6, 6.07) is 5.77. The number of piperidine rings is 1. The fraction of sp³-hybridized carbons (Fsp3) is 0.611. The van der Waals surface area contributed by atoms with Crippen molar-refractivity contribution in [1.82, 2.24) is 4.90 Å². The van der Waals surface area contributed by atoms with Gasteiger partial charge in [-0.2, -0.15) is 0 Å². The molecule has 0 unspecified atom stereocenters. The number of hydrogen-bond donors (Lipinski definition) is 0. The molecule has 0 aliphatic carbocycles. The average Bonchev–Trinajstić information content (AvgIpc) is 2.56. The molecule has 1 aromatic rings. The Morgan fingerprint density at radius 1 is 1.35 bits per heavy atom. The van der Waals surface area contributed by atoms with Gasteiger partial charge < -0.3 is 19.1 Å². The highest BCUT2D eigenvalue weighted by atomic mass is 16.5. The Labute approximate surface area is 138 Å². The van der Waals surface area contributed by atoms with Gasteiger partial charge in [-0.05, 0) is 44.4 Å². The molecule has 128 valence electrons. The first-order chi connectivity index (χ1) is 11.1. The van der Waals surface area contributed by atoms with Crippen LogP contribution in [0.4, 0.5) is 0 Å². The standard InChI is InChI=1S/C18H27NO4/c1-4-22-15-6-5-10-19(13-15)18(20)9-11-23-16-8-7-14(2)12-17(16)21-3/h7-8,12,15H,4-6,9-11,13H2,1-3H3/t15-/m1/s1. The smallest absolute Gasteiger partial charge is 0.226 e. The molecule has 1 aliphatic rings. The van der Waals surface area contributed by atoms with E-state index in [1.54, 1.807) is 7.11 Å². The Bertz CT molecular complexity index is 516. The minimum atomic E-state index is 0.125. The first-order valence-corrected chi connectivity index (χ1v) is 8.30. The molecule has 1 amide bonds. The van der Waals surface area contributed by atoms with Gasteiger partial charge >= 0.3 is 0 Å². The summed E-state index contributed by atoms with van der Waals surface area (Å²) >= 11 is 0. The number of carbonyl (C=O) groups is 1. The SMILES string of the molecule is CCO[C@@H]1CCCN(C(=O)CCOc2ccc(C)cc2OC)C1. The van der Waals surface area contributed by atoms with E-state index in [1.165, 1.54) is 0 Å². The van der Waals surface area contributed by atoms with Crippen molar-refractivity contribution in [1.29, 1.82) is 0 Å². The number of likely N-dealkylation sites (tertiary alicyclic amines) is 1. The van der Waals surface area contributed by atoms with Crippen molar-refractivity contribution in [2.45, 2.75) is 39.2 Å². The number of ether oxygens (including phenoxy) is 3. The minimum absolute atomic E-state index is 0.125. The van der Waals surface area contributed by atoms with Gasteiger partial charge in [0.05, 0.1) is 26.2 Å². The minimum Gasteiger partial charge on any atom is -0.493 e. The van der Waals surface area contributed by atoms with Gasteiger partial charge in [-0.15, -0.1) is 0 Å². The second kappa shape index (κ2) is 8.77. The van der Waals surface area contributed by atoms with Crippen molar-refractivity contribution in [3.05, 3.63) is 23.8 Å². The molecule has 5 nitrogen and oxygen atoms in total. The summed E-state index contributed by atoms with van der Waals surface area (Å²) in [6.45, 7) is 6.55. The molecule has 1 saturated heterocycles. The Hall–Kier alpha value is -1.75. The largest absolute Gasteiger partial charge is 0.493 e. The molecule has 1 aromatic carbocycles. The van der Waals surface area contributed by atoms with Crippen LogP contribution in [-0.2, 0) is 9.53 Å². The molecule has 0 spiro atoms. The summed E-state index contributed by atoms with van der Waals surface area (Å²) in [5.41, 5.74) is 1.11. The number of aryl methyl sites for hydroxylation is 1. The lowest BCUT2D eigenvalue weighted by atomic mass is 10.1. The maximum atomic E-state index is 12.3. The first-order valence-electron chi connectivity index (χ1n) is 8.30. The molecule has 23 heavy (non-hydrogen) atoms. The average molecular weight is 321 g/mol. The fourth-order valence-electron chi connectivity index (χ4n) is 2.84. The van der Waals surface area contributed by atoms with Crippen LogP contribution in [0.3, 0.4) is 0 Å². The van der Waals surface area contributed by atoms with Crippen LogP contribution in [-0.4, -0.2) is 50.3 Å². The first kappa shape index (κ1) is 17.6. The Morgan fingerprint density at radius 2 is 2.17 bits per heavy atom. The zero-order valence-electron chi connectivity index (χ0n) is 14.3. The predicted molar refractivity (Wildman–Crippen MR) is 89.1 cm³/mol. The summed E-state index contributed by atoms with van der Waals surface area (Å²) < 4.78 is 16.7. The zero-order chi connectivity index (χ0) is 16.7. The number of nitrogens with zero attached hydrogens (tertiary/aromatic N) is 1. The van der Waals surface area contributed by atoms with Gasteiger partial charge in [-0.3, -0.25) is 4.79 Å². The fourth-order valence-corrected chi connectivity index (χ4v) is 2.84.